The Labute approximate surface area is 125 Å². The van der Waals surface area contributed by atoms with Gasteiger partial charge in [-0.25, -0.2) is 4.98 Å². The molecule has 0 aromatic carbocycles. The predicted octanol–water partition coefficient (Wildman–Crippen LogP) is 2.37. The third kappa shape index (κ3) is 1.81. The van der Waals surface area contributed by atoms with E-state index in [1.54, 1.807) is 7.11 Å². The van der Waals surface area contributed by atoms with Crippen LogP contribution in [0.5, 0.6) is 5.88 Å². The number of hydrogen-bond donors (Lipinski definition) is 1. The van der Waals surface area contributed by atoms with Gasteiger partial charge in [0.15, 0.2) is 0 Å². The minimum absolute atomic E-state index is 0.0227. The number of nitrogens with zero attached hydrogens (tertiary/aromatic N) is 2. The molecule has 3 rings (SSSR count). The summed E-state index contributed by atoms with van der Waals surface area (Å²) in [6.45, 7) is 3.98. The Bertz CT molecular complexity index is 647. The van der Waals surface area contributed by atoms with Gasteiger partial charge in [0.05, 0.1) is 25.0 Å². The summed E-state index contributed by atoms with van der Waals surface area (Å²) in [5.74, 6) is 0.644. The van der Waals surface area contributed by atoms with E-state index >= 15 is 0 Å². The van der Waals surface area contributed by atoms with Crippen LogP contribution in [0.1, 0.15) is 31.5 Å². The van der Waals surface area contributed by atoms with Gasteiger partial charge in [-0.1, -0.05) is 13.0 Å². The van der Waals surface area contributed by atoms with Gasteiger partial charge in [0.25, 0.3) is 0 Å². The van der Waals surface area contributed by atoms with Crippen molar-refractivity contribution in [2.24, 2.45) is 11.8 Å². The monoisotopic (exact) mass is 284 g/mol. The highest BCUT2D eigenvalue weighted by molar-refractivity contribution is 5.53. The summed E-state index contributed by atoms with van der Waals surface area (Å²) in [7, 11) is 1.59. The molecule has 2 aliphatic carbocycles. The summed E-state index contributed by atoms with van der Waals surface area (Å²) in [4.78, 5) is 4.52. The summed E-state index contributed by atoms with van der Waals surface area (Å²) in [6, 6.07) is 6.32. The molecule has 4 unspecified atom stereocenters. The topological polar surface area (TPSA) is 66.1 Å². The molecule has 2 aliphatic rings. The second-order valence-corrected chi connectivity index (χ2v) is 6.09. The lowest BCUT2D eigenvalue weighted by molar-refractivity contribution is 0.0305. The average Bonchev–Trinajstić information content (AvgIpc) is 2.51. The lowest BCUT2D eigenvalue weighted by atomic mass is 9.54. The molecule has 4 atom stereocenters. The van der Waals surface area contributed by atoms with Crippen LogP contribution in [-0.2, 0) is 11.8 Å². The predicted molar refractivity (Wildman–Crippen MR) is 78.8 cm³/mol. The zero-order valence-electron chi connectivity index (χ0n) is 12.6. The van der Waals surface area contributed by atoms with Crippen molar-refractivity contribution < 1.29 is 9.84 Å². The van der Waals surface area contributed by atoms with Crippen LogP contribution in [0.25, 0.3) is 0 Å². The molecule has 4 heteroatoms. The van der Waals surface area contributed by atoms with Crippen molar-refractivity contribution in [3.63, 3.8) is 0 Å². The number of fused-ring (bicyclic) bond motifs is 4. The molecule has 1 saturated carbocycles. The van der Waals surface area contributed by atoms with E-state index in [9.17, 15) is 10.4 Å². The normalized spacial score (nSPS) is 36.0. The molecule has 0 amide bonds. The van der Waals surface area contributed by atoms with Crippen molar-refractivity contribution in [3.8, 4) is 11.9 Å². The maximum absolute atomic E-state index is 10.5. The quantitative estimate of drug-likeness (QED) is 0.804. The highest BCUT2D eigenvalue weighted by Crippen LogP contribution is 2.53. The lowest BCUT2D eigenvalue weighted by Gasteiger charge is -2.49. The highest BCUT2D eigenvalue weighted by Gasteiger charge is 2.53. The Morgan fingerprint density at radius 1 is 1.52 bits per heavy atom. The van der Waals surface area contributed by atoms with Gasteiger partial charge in [-0.3, -0.25) is 0 Å². The first-order valence-corrected chi connectivity index (χ1v) is 7.37. The van der Waals surface area contributed by atoms with Gasteiger partial charge >= 0.3 is 0 Å². The third-order valence-corrected chi connectivity index (χ3v) is 5.05. The lowest BCUT2D eigenvalue weighted by Crippen LogP contribution is -2.50. The van der Waals surface area contributed by atoms with E-state index in [1.807, 2.05) is 32.1 Å². The standard InChI is InChI=1S/C17H20N2O2/c1-4-12-11-7-14-13(5-6-15(19-14)21-3)17(12,9-18)8-10(2)16(11)20/h4-6,10-11,16,20H,7-8H2,1-3H3/b12-4+. The van der Waals surface area contributed by atoms with Gasteiger partial charge in [0.2, 0.25) is 5.88 Å². The minimum Gasteiger partial charge on any atom is -0.481 e. The fourth-order valence-corrected chi connectivity index (χ4v) is 4.09. The van der Waals surface area contributed by atoms with E-state index in [0.29, 0.717) is 18.7 Å². The van der Waals surface area contributed by atoms with Crippen LogP contribution in [0.2, 0.25) is 0 Å². The van der Waals surface area contributed by atoms with Crippen molar-refractivity contribution in [2.45, 2.75) is 38.2 Å². The molecular weight excluding hydrogens is 264 g/mol. The number of aliphatic hydroxyl groups is 1. The first-order valence-electron chi connectivity index (χ1n) is 7.37. The number of aliphatic hydroxyl groups excluding tert-OH is 1. The molecule has 0 spiro atoms. The van der Waals surface area contributed by atoms with E-state index < -0.39 is 11.5 Å². The number of aromatic nitrogens is 1. The van der Waals surface area contributed by atoms with E-state index in [-0.39, 0.29) is 11.8 Å². The summed E-state index contributed by atoms with van der Waals surface area (Å²) in [5.41, 5.74) is 2.27. The summed E-state index contributed by atoms with van der Waals surface area (Å²) < 4.78 is 5.20. The fraction of sp³-hybridized carbons (Fsp3) is 0.529. The van der Waals surface area contributed by atoms with Crippen LogP contribution in [0.3, 0.4) is 0 Å². The Morgan fingerprint density at radius 2 is 2.29 bits per heavy atom. The third-order valence-electron chi connectivity index (χ3n) is 5.05. The number of pyridine rings is 1. The second-order valence-electron chi connectivity index (χ2n) is 6.09. The van der Waals surface area contributed by atoms with E-state index in [4.69, 9.17) is 4.74 Å². The number of nitriles is 1. The first-order chi connectivity index (χ1) is 10.1. The number of rotatable bonds is 1. The molecule has 110 valence electrons. The smallest absolute Gasteiger partial charge is 0.213 e. The van der Waals surface area contributed by atoms with Crippen LogP contribution >= 0.6 is 0 Å². The van der Waals surface area contributed by atoms with Crippen LogP contribution < -0.4 is 4.74 Å². The molecule has 4 nitrogen and oxygen atoms in total. The largest absolute Gasteiger partial charge is 0.481 e. The van der Waals surface area contributed by atoms with Gasteiger partial charge < -0.3 is 9.84 Å². The molecule has 1 aromatic heterocycles. The van der Waals surface area contributed by atoms with Gasteiger partial charge in [0, 0.05) is 12.0 Å². The highest BCUT2D eigenvalue weighted by atomic mass is 16.5. The van der Waals surface area contributed by atoms with E-state index in [2.05, 4.69) is 11.1 Å². The molecule has 0 radical (unpaired) electrons. The number of methoxy groups -OCH3 is 1. The fourth-order valence-electron chi connectivity index (χ4n) is 4.09. The van der Waals surface area contributed by atoms with Gasteiger partial charge in [-0.15, -0.1) is 0 Å². The Balaban J connectivity index is 2.25. The van der Waals surface area contributed by atoms with Crippen molar-refractivity contribution in [1.82, 2.24) is 4.98 Å². The Morgan fingerprint density at radius 3 is 2.90 bits per heavy atom. The van der Waals surface area contributed by atoms with E-state index in [0.717, 1.165) is 16.8 Å². The number of ether oxygens (including phenoxy) is 1. The Kier molecular flexibility index (Phi) is 3.26. The average molecular weight is 284 g/mol. The SMILES string of the molecule is C/C=C1\C2Cc3nc(OC)ccc3C1(C#N)CC(C)C2O. The number of hydrogen-bond acceptors (Lipinski definition) is 4. The van der Waals surface area contributed by atoms with E-state index in [1.165, 1.54) is 0 Å². The van der Waals surface area contributed by atoms with Crippen molar-refractivity contribution >= 4 is 0 Å². The zero-order valence-corrected chi connectivity index (χ0v) is 12.6. The molecular formula is C17H20N2O2. The first kappa shape index (κ1) is 14.1. The summed E-state index contributed by atoms with van der Waals surface area (Å²) in [6.07, 6.45) is 2.90. The van der Waals surface area contributed by atoms with Crippen molar-refractivity contribution in [1.29, 1.82) is 5.26 Å². The van der Waals surface area contributed by atoms with Crippen molar-refractivity contribution in [3.05, 3.63) is 35.0 Å². The molecule has 0 saturated heterocycles. The minimum atomic E-state index is -0.648. The maximum Gasteiger partial charge on any atom is 0.213 e. The molecule has 1 aromatic rings. The molecule has 1 N–H and O–H groups in total. The Hall–Kier alpha value is -1.86. The second kappa shape index (κ2) is 4.85. The van der Waals surface area contributed by atoms with Gasteiger partial charge in [0.1, 0.15) is 5.41 Å². The van der Waals surface area contributed by atoms with Crippen LogP contribution in [-0.4, -0.2) is 23.3 Å². The number of allylic oxidation sites excluding steroid dienone is 1. The van der Waals surface area contributed by atoms with Crippen LogP contribution in [0.4, 0.5) is 0 Å². The molecule has 2 bridgehead atoms. The van der Waals surface area contributed by atoms with Crippen LogP contribution in [0, 0.1) is 23.2 Å². The van der Waals surface area contributed by atoms with Gasteiger partial charge in [-0.2, -0.15) is 5.26 Å². The maximum atomic E-state index is 10.5. The zero-order chi connectivity index (χ0) is 15.2. The summed E-state index contributed by atoms with van der Waals surface area (Å²) >= 11 is 0. The molecule has 1 heterocycles. The molecule has 0 aliphatic heterocycles. The van der Waals surface area contributed by atoms with Gasteiger partial charge in [-0.05, 0) is 42.9 Å². The molecule has 21 heavy (non-hydrogen) atoms. The summed E-state index contributed by atoms with van der Waals surface area (Å²) in [5, 5.41) is 20.5. The van der Waals surface area contributed by atoms with Crippen molar-refractivity contribution in [2.75, 3.05) is 7.11 Å². The van der Waals surface area contributed by atoms with Crippen LogP contribution in [0.15, 0.2) is 23.8 Å². The molecule has 1 fully saturated rings.